The summed E-state index contributed by atoms with van der Waals surface area (Å²) in [5.41, 5.74) is 3.99. The van der Waals surface area contributed by atoms with Gasteiger partial charge in [-0.15, -0.1) is 0 Å². The van der Waals surface area contributed by atoms with Gasteiger partial charge in [-0.3, -0.25) is 0 Å². The van der Waals surface area contributed by atoms with Gasteiger partial charge in [0, 0.05) is 33.6 Å². The number of rotatable bonds is 0. The molecule has 5 heteroatoms. The highest BCUT2D eigenvalue weighted by Crippen LogP contribution is 2.34. The highest BCUT2D eigenvalue weighted by atomic mass is 35.5. The highest BCUT2D eigenvalue weighted by Gasteiger charge is 2.22. The van der Waals surface area contributed by atoms with Crippen molar-refractivity contribution in [1.82, 2.24) is 9.97 Å². The molecular weight excluding hydrogens is 274 g/mol. The Labute approximate surface area is 120 Å². The van der Waals surface area contributed by atoms with E-state index in [0.717, 1.165) is 57.9 Å². The maximum Gasteiger partial charge on any atom is 0.129 e. The number of pyridine rings is 1. The average molecular weight is 286 g/mol. The molecule has 2 heterocycles. The summed E-state index contributed by atoms with van der Waals surface area (Å²) in [4.78, 5) is 7.59. The molecule has 1 aromatic carbocycles. The first-order valence-electron chi connectivity index (χ1n) is 6.58. The van der Waals surface area contributed by atoms with Crippen LogP contribution in [0.5, 0.6) is 0 Å². The maximum atomic E-state index is 9.22. The minimum atomic E-state index is 0.480. The van der Waals surface area contributed by atoms with Crippen molar-refractivity contribution in [2.75, 3.05) is 0 Å². The van der Waals surface area contributed by atoms with Gasteiger partial charge < -0.3 is 10.2 Å². The summed E-state index contributed by atoms with van der Waals surface area (Å²) in [6.07, 6.45) is 4.56. The Morgan fingerprint density at radius 1 is 1.25 bits per heavy atom. The molecule has 0 saturated carbocycles. The van der Waals surface area contributed by atoms with E-state index >= 15 is 0 Å². The summed E-state index contributed by atoms with van der Waals surface area (Å²) in [7, 11) is 0. The topological polar surface area (TPSA) is 61.3 Å². The molecule has 0 radical (unpaired) electrons. The van der Waals surface area contributed by atoms with Gasteiger partial charge >= 0.3 is 0 Å². The summed E-state index contributed by atoms with van der Waals surface area (Å²) in [5.74, 6) is 0. The van der Waals surface area contributed by atoms with Crippen LogP contribution in [0.4, 0.5) is 0 Å². The molecule has 2 aromatic heterocycles. The highest BCUT2D eigenvalue weighted by molar-refractivity contribution is 6.30. The Morgan fingerprint density at radius 2 is 2.15 bits per heavy atom. The molecule has 4 rings (SSSR count). The second-order valence-corrected chi connectivity index (χ2v) is 5.48. The number of nitrogens with one attached hydrogen (secondary N) is 1. The minimum Gasteiger partial charge on any atom is -0.411 e. The van der Waals surface area contributed by atoms with Crippen LogP contribution in [0.3, 0.4) is 0 Å². The number of fused-ring (bicyclic) bond motifs is 5. The van der Waals surface area contributed by atoms with Crippen molar-refractivity contribution in [2.45, 2.75) is 19.3 Å². The smallest absolute Gasteiger partial charge is 0.129 e. The number of aryl methyl sites for hydroxylation is 1. The Kier molecular flexibility index (Phi) is 2.47. The van der Waals surface area contributed by atoms with Crippen LogP contribution in [0.15, 0.2) is 29.6 Å². The van der Waals surface area contributed by atoms with Crippen molar-refractivity contribution in [2.24, 2.45) is 5.16 Å². The van der Waals surface area contributed by atoms with Crippen LogP contribution in [-0.2, 0) is 6.42 Å². The summed E-state index contributed by atoms with van der Waals surface area (Å²) in [6, 6.07) is 5.95. The Hall–Kier alpha value is -2.07. The maximum absolute atomic E-state index is 9.22. The van der Waals surface area contributed by atoms with E-state index in [9.17, 15) is 5.21 Å². The second kappa shape index (κ2) is 4.21. The first-order valence-corrected chi connectivity index (χ1v) is 6.96. The van der Waals surface area contributed by atoms with E-state index in [-0.39, 0.29) is 0 Å². The zero-order valence-corrected chi connectivity index (χ0v) is 11.4. The predicted molar refractivity (Wildman–Crippen MR) is 79.9 cm³/mol. The molecule has 0 spiro atoms. The molecule has 0 atom stereocenters. The Balaban J connectivity index is 2.15. The van der Waals surface area contributed by atoms with Gasteiger partial charge in [-0.1, -0.05) is 28.9 Å². The van der Waals surface area contributed by atoms with E-state index in [4.69, 9.17) is 11.6 Å². The third kappa shape index (κ3) is 1.55. The number of halogens is 1. The molecule has 0 unspecified atom stereocenters. The van der Waals surface area contributed by atoms with E-state index < -0.39 is 0 Å². The molecular formula is C15H12ClN3O. The van der Waals surface area contributed by atoms with E-state index in [0.29, 0.717) is 5.15 Å². The number of oxime groups is 1. The number of nitrogens with zero attached hydrogens (tertiary/aromatic N) is 2. The SMILES string of the molecule is ON=C1CCCc2[nH]c3c(ccc4cnc(Cl)cc43)c21. The summed E-state index contributed by atoms with van der Waals surface area (Å²) < 4.78 is 0. The van der Waals surface area contributed by atoms with Gasteiger partial charge in [0.1, 0.15) is 5.15 Å². The number of H-pyrrole nitrogens is 1. The zero-order chi connectivity index (χ0) is 13.7. The molecule has 0 aliphatic heterocycles. The first-order chi connectivity index (χ1) is 9.78. The van der Waals surface area contributed by atoms with Crippen LogP contribution < -0.4 is 0 Å². The van der Waals surface area contributed by atoms with Crippen molar-refractivity contribution < 1.29 is 5.21 Å². The van der Waals surface area contributed by atoms with E-state index in [1.807, 2.05) is 12.1 Å². The van der Waals surface area contributed by atoms with Crippen LogP contribution in [0.1, 0.15) is 24.1 Å². The summed E-state index contributed by atoms with van der Waals surface area (Å²) >= 11 is 6.01. The van der Waals surface area contributed by atoms with Crippen LogP contribution in [-0.4, -0.2) is 20.9 Å². The molecule has 0 saturated heterocycles. The average Bonchev–Trinajstić information content (AvgIpc) is 2.86. The van der Waals surface area contributed by atoms with Gasteiger partial charge in [-0.05, 0) is 25.3 Å². The molecule has 1 aliphatic carbocycles. The number of aromatic nitrogens is 2. The van der Waals surface area contributed by atoms with Crippen molar-refractivity contribution >= 4 is 39.0 Å². The number of aromatic amines is 1. The first kappa shape index (κ1) is 11.7. The molecule has 20 heavy (non-hydrogen) atoms. The third-order valence-corrected chi connectivity index (χ3v) is 4.17. The summed E-state index contributed by atoms with van der Waals surface area (Å²) in [5, 5.41) is 16.3. The van der Waals surface area contributed by atoms with Crippen molar-refractivity contribution in [1.29, 1.82) is 0 Å². The fourth-order valence-corrected chi connectivity index (χ4v) is 3.24. The number of benzene rings is 1. The van der Waals surface area contributed by atoms with E-state index in [1.165, 1.54) is 0 Å². The largest absolute Gasteiger partial charge is 0.411 e. The van der Waals surface area contributed by atoms with E-state index in [2.05, 4.69) is 21.2 Å². The van der Waals surface area contributed by atoms with Crippen LogP contribution in [0.25, 0.3) is 21.7 Å². The van der Waals surface area contributed by atoms with E-state index in [1.54, 1.807) is 6.20 Å². The molecule has 0 fully saturated rings. The zero-order valence-electron chi connectivity index (χ0n) is 10.7. The fourth-order valence-electron chi connectivity index (χ4n) is 3.08. The standard InChI is InChI=1S/C15H12ClN3O/c16-13-6-10-8(7-17-13)4-5-9-14-11(18-15(9)10)2-1-3-12(14)19-20/h4-7,18,20H,1-3H2. The molecule has 0 bridgehead atoms. The number of hydrogen-bond donors (Lipinski definition) is 2. The Bertz CT molecular complexity index is 866. The minimum absolute atomic E-state index is 0.480. The second-order valence-electron chi connectivity index (χ2n) is 5.10. The normalized spacial score (nSPS) is 16.9. The van der Waals surface area contributed by atoms with Gasteiger partial charge in [0.15, 0.2) is 0 Å². The Morgan fingerprint density at radius 3 is 3.00 bits per heavy atom. The van der Waals surface area contributed by atoms with Crippen LogP contribution in [0.2, 0.25) is 5.15 Å². The molecule has 1 aliphatic rings. The van der Waals surface area contributed by atoms with Crippen molar-refractivity contribution in [3.05, 3.63) is 40.8 Å². The van der Waals surface area contributed by atoms with Gasteiger partial charge in [-0.25, -0.2) is 4.98 Å². The lowest BCUT2D eigenvalue weighted by Gasteiger charge is -2.12. The molecule has 2 N–H and O–H groups in total. The number of hydrogen-bond acceptors (Lipinski definition) is 3. The molecule has 4 nitrogen and oxygen atoms in total. The van der Waals surface area contributed by atoms with Gasteiger partial charge in [0.25, 0.3) is 0 Å². The van der Waals surface area contributed by atoms with Crippen molar-refractivity contribution in [3.8, 4) is 0 Å². The molecule has 3 aromatic rings. The quantitative estimate of drug-likeness (QED) is 0.374. The van der Waals surface area contributed by atoms with Gasteiger partial charge in [-0.2, -0.15) is 0 Å². The van der Waals surface area contributed by atoms with Gasteiger partial charge in [0.2, 0.25) is 0 Å². The predicted octanol–water partition coefficient (Wildman–Crippen LogP) is 3.88. The third-order valence-electron chi connectivity index (χ3n) is 3.97. The lowest BCUT2D eigenvalue weighted by molar-refractivity contribution is 0.317. The lowest BCUT2D eigenvalue weighted by atomic mass is 9.93. The van der Waals surface area contributed by atoms with Gasteiger partial charge in [0.05, 0.1) is 11.2 Å². The van der Waals surface area contributed by atoms with Crippen LogP contribution in [0, 0.1) is 0 Å². The lowest BCUT2D eigenvalue weighted by Crippen LogP contribution is -2.10. The monoisotopic (exact) mass is 285 g/mol. The summed E-state index contributed by atoms with van der Waals surface area (Å²) in [6.45, 7) is 0. The molecule has 100 valence electrons. The molecule has 0 amide bonds. The van der Waals surface area contributed by atoms with Crippen LogP contribution >= 0.6 is 11.6 Å². The fraction of sp³-hybridized carbons (Fsp3) is 0.200. The van der Waals surface area contributed by atoms with Crippen molar-refractivity contribution in [3.63, 3.8) is 0 Å².